The zero-order chi connectivity index (χ0) is 21.1. The smallest absolute Gasteiger partial charge is 0.295 e. The number of nitrogens with zero attached hydrogens (tertiary/aromatic N) is 2. The number of carbonyl (C=O) groups excluding carboxylic acids is 2. The Morgan fingerprint density at radius 2 is 1.83 bits per heavy atom. The van der Waals surface area contributed by atoms with Crippen LogP contribution in [0.25, 0.3) is 5.76 Å². The van der Waals surface area contributed by atoms with E-state index in [-0.39, 0.29) is 11.3 Å². The number of Topliss-reactive ketones (excluding diaryl/α,β-unsaturated/α-hetero) is 1. The summed E-state index contributed by atoms with van der Waals surface area (Å²) in [6.45, 7) is 8.99. The Hall–Kier alpha value is -1.96. The van der Waals surface area contributed by atoms with Gasteiger partial charge in [0.05, 0.1) is 11.6 Å². The lowest BCUT2D eigenvalue weighted by molar-refractivity contribution is -0.140. The molecule has 1 aliphatic rings. The molecular weight excluding hydrogens is 452 g/mol. The number of rotatable bonds is 7. The van der Waals surface area contributed by atoms with Crippen molar-refractivity contribution in [2.45, 2.75) is 26.8 Å². The van der Waals surface area contributed by atoms with Gasteiger partial charge >= 0.3 is 0 Å². The number of hydrogen-bond acceptors (Lipinski definition) is 5. The van der Waals surface area contributed by atoms with Gasteiger partial charge in [-0.15, -0.1) is 11.3 Å². The molecule has 0 spiro atoms. The third kappa shape index (κ3) is 4.32. The van der Waals surface area contributed by atoms with Crippen LogP contribution in [-0.2, 0) is 9.59 Å². The maximum atomic E-state index is 13.0. The molecule has 1 fully saturated rings. The highest BCUT2D eigenvalue weighted by Gasteiger charge is 2.46. The Balaban J connectivity index is 2.07. The molecular formula is C22H25BrN2O3S. The molecule has 29 heavy (non-hydrogen) atoms. The molecule has 154 valence electrons. The van der Waals surface area contributed by atoms with Crippen LogP contribution in [0.4, 0.5) is 0 Å². The maximum absolute atomic E-state index is 13.0. The Morgan fingerprint density at radius 1 is 1.17 bits per heavy atom. The number of carbonyl (C=O) groups is 2. The summed E-state index contributed by atoms with van der Waals surface area (Å²) in [5.41, 5.74) is 1.70. The zero-order valence-corrected chi connectivity index (χ0v) is 19.2. The van der Waals surface area contributed by atoms with E-state index in [1.165, 1.54) is 11.3 Å². The van der Waals surface area contributed by atoms with E-state index >= 15 is 0 Å². The van der Waals surface area contributed by atoms with Crippen LogP contribution in [0.3, 0.4) is 0 Å². The molecule has 1 aromatic heterocycles. The normalized spacial score (nSPS) is 18.8. The Morgan fingerprint density at radius 3 is 2.38 bits per heavy atom. The van der Waals surface area contributed by atoms with Crippen LogP contribution in [0.2, 0.25) is 0 Å². The van der Waals surface area contributed by atoms with Crippen molar-refractivity contribution in [2.24, 2.45) is 0 Å². The molecule has 0 saturated carbocycles. The number of likely N-dealkylation sites (N-methyl/N-ethyl adjacent to an activating group) is 1. The van der Waals surface area contributed by atoms with Crippen LogP contribution in [0.1, 0.15) is 35.9 Å². The lowest BCUT2D eigenvalue weighted by Gasteiger charge is -2.27. The molecule has 0 radical (unpaired) electrons. The zero-order valence-electron chi connectivity index (χ0n) is 16.8. The first-order valence-electron chi connectivity index (χ1n) is 9.69. The molecule has 1 aliphatic heterocycles. The highest BCUT2D eigenvalue weighted by Crippen LogP contribution is 2.42. The second kappa shape index (κ2) is 9.24. The number of aryl methyl sites for hydroxylation is 1. The first kappa shape index (κ1) is 21.7. The third-order valence-corrected chi connectivity index (χ3v) is 6.96. The van der Waals surface area contributed by atoms with Crippen LogP contribution in [0.5, 0.6) is 0 Å². The first-order valence-corrected chi connectivity index (χ1v) is 11.4. The van der Waals surface area contributed by atoms with Crippen molar-refractivity contribution in [3.8, 4) is 0 Å². The number of thiophene rings is 1. The fraction of sp³-hybridized carbons (Fsp3) is 0.364. The van der Waals surface area contributed by atoms with Crippen molar-refractivity contribution >= 4 is 44.7 Å². The minimum absolute atomic E-state index is 0.126. The monoisotopic (exact) mass is 476 g/mol. The van der Waals surface area contributed by atoms with Gasteiger partial charge in [-0.25, -0.2) is 0 Å². The standard InChI is InChI=1S/C22H25BrN2O3S/c1-4-24(5-2)11-12-25-18(21-14(3)10-13-29-21)17(20(27)22(25)28)19(26)15-6-8-16(23)9-7-15/h6-10,13,18,26H,4-5,11-12H2,1-3H3/b19-17-. The van der Waals surface area contributed by atoms with E-state index in [1.54, 1.807) is 29.2 Å². The molecule has 0 bridgehead atoms. The van der Waals surface area contributed by atoms with Gasteiger partial charge in [0.2, 0.25) is 0 Å². The molecule has 2 aromatic rings. The lowest BCUT2D eigenvalue weighted by Crippen LogP contribution is -2.37. The number of hydrogen-bond donors (Lipinski definition) is 1. The second-order valence-electron chi connectivity index (χ2n) is 6.99. The molecule has 1 atom stereocenters. The van der Waals surface area contributed by atoms with Crippen LogP contribution in [0.15, 0.2) is 45.8 Å². The molecule has 1 aromatic carbocycles. The van der Waals surface area contributed by atoms with Gasteiger partial charge in [-0.2, -0.15) is 0 Å². The summed E-state index contributed by atoms with van der Waals surface area (Å²) in [5.74, 6) is -1.30. The molecule has 7 heteroatoms. The van der Waals surface area contributed by atoms with Crippen molar-refractivity contribution in [2.75, 3.05) is 26.2 Å². The topological polar surface area (TPSA) is 60.9 Å². The largest absolute Gasteiger partial charge is 0.507 e. The fourth-order valence-electron chi connectivity index (χ4n) is 3.60. The highest BCUT2D eigenvalue weighted by atomic mass is 79.9. The van der Waals surface area contributed by atoms with Gasteiger partial charge in [-0.05, 0) is 49.2 Å². The summed E-state index contributed by atoms with van der Waals surface area (Å²) in [6.07, 6.45) is 0. The van der Waals surface area contributed by atoms with Gasteiger partial charge in [0.25, 0.3) is 11.7 Å². The number of aliphatic hydroxyl groups excluding tert-OH is 1. The number of aliphatic hydroxyl groups is 1. The summed E-state index contributed by atoms with van der Waals surface area (Å²) in [5, 5.41) is 13.0. The SMILES string of the molecule is CCN(CC)CCN1C(=O)C(=O)/C(=C(\O)c2ccc(Br)cc2)C1c1sccc1C. The van der Waals surface area contributed by atoms with E-state index in [0.717, 1.165) is 28.0 Å². The van der Waals surface area contributed by atoms with Gasteiger partial charge in [-0.3, -0.25) is 9.59 Å². The van der Waals surface area contributed by atoms with E-state index in [2.05, 4.69) is 34.7 Å². The average molecular weight is 477 g/mol. The minimum Gasteiger partial charge on any atom is -0.507 e. The van der Waals surface area contributed by atoms with Gasteiger partial charge in [0, 0.05) is 28.0 Å². The summed E-state index contributed by atoms with van der Waals surface area (Å²) < 4.78 is 0.874. The summed E-state index contributed by atoms with van der Waals surface area (Å²) in [4.78, 5) is 30.6. The molecule has 1 N–H and O–H groups in total. The van der Waals surface area contributed by atoms with Gasteiger partial charge in [-0.1, -0.05) is 41.9 Å². The highest BCUT2D eigenvalue weighted by molar-refractivity contribution is 9.10. The van der Waals surface area contributed by atoms with E-state index < -0.39 is 17.7 Å². The number of ketones is 1. The quantitative estimate of drug-likeness (QED) is 0.360. The van der Waals surface area contributed by atoms with Crippen LogP contribution in [0, 0.1) is 6.92 Å². The molecule has 1 amide bonds. The Bertz CT molecular complexity index is 932. The number of likely N-dealkylation sites (tertiary alicyclic amines) is 1. The Labute approximate surface area is 183 Å². The van der Waals surface area contributed by atoms with Crippen LogP contribution < -0.4 is 0 Å². The molecule has 1 saturated heterocycles. The van der Waals surface area contributed by atoms with E-state index in [4.69, 9.17) is 0 Å². The van der Waals surface area contributed by atoms with Crippen molar-refractivity contribution in [3.63, 3.8) is 0 Å². The summed E-state index contributed by atoms with van der Waals surface area (Å²) in [6, 6.07) is 8.49. The molecule has 2 heterocycles. The average Bonchev–Trinajstić information content (AvgIpc) is 3.24. The summed E-state index contributed by atoms with van der Waals surface area (Å²) in [7, 11) is 0. The molecule has 0 aliphatic carbocycles. The van der Waals surface area contributed by atoms with Crippen molar-refractivity contribution < 1.29 is 14.7 Å². The summed E-state index contributed by atoms with van der Waals surface area (Å²) >= 11 is 4.89. The predicted octanol–water partition coefficient (Wildman–Crippen LogP) is 4.58. The van der Waals surface area contributed by atoms with Crippen LogP contribution in [-0.4, -0.2) is 52.8 Å². The predicted molar refractivity (Wildman–Crippen MR) is 120 cm³/mol. The Kier molecular flexibility index (Phi) is 6.93. The van der Waals surface area contributed by atoms with Gasteiger partial charge < -0.3 is 14.9 Å². The molecule has 5 nitrogen and oxygen atoms in total. The van der Waals surface area contributed by atoms with Crippen molar-refractivity contribution in [1.29, 1.82) is 0 Å². The first-order chi connectivity index (χ1) is 13.9. The number of benzene rings is 1. The second-order valence-corrected chi connectivity index (χ2v) is 8.86. The number of amides is 1. The van der Waals surface area contributed by atoms with Gasteiger partial charge in [0.15, 0.2) is 0 Å². The van der Waals surface area contributed by atoms with E-state index in [9.17, 15) is 14.7 Å². The van der Waals surface area contributed by atoms with Crippen molar-refractivity contribution in [1.82, 2.24) is 9.80 Å². The molecule has 3 rings (SSSR count). The minimum atomic E-state index is -0.622. The molecule has 1 unspecified atom stereocenters. The van der Waals surface area contributed by atoms with Crippen molar-refractivity contribution in [3.05, 3.63) is 61.8 Å². The van der Waals surface area contributed by atoms with Gasteiger partial charge in [0.1, 0.15) is 5.76 Å². The number of halogens is 1. The van der Waals surface area contributed by atoms with Crippen LogP contribution >= 0.6 is 27.3 Å². The van der Waals surface area contributed by atoms with E-state index in [1.807, 2.05) is 18.4 Å². The van der Waals surface area contributed by atoms with E-state index in [0.29, 0.717) is 18.7 Å². The lowest BCUT2D eigenvalue weighted by atomic mass is 9.98. The third-order valence-electron chi connectivity index (χ3n) is 5.36. The maximum Gasteiger partial charge on any atom is 0.295 e. The fourth-order valence-corrected chi connectivity index (χ4v) is 4.91.